The first-order valence-electron chi connectivity index (χ1n) is 10.7. The molecule has 2 aromatic rings. The van der Waals surface area contributed by atoms with E-state index in [1.165, 1.54) is 22.3 Å². The van der Waals surface area contributed by atoms with Crippen LogP contribution in [0.15, 0.2) is 30.3 Å². The molecule has 6 heteroatoms. The molecule has 0 radical (unpaired) electrons. The van der Waals surface area contributed by atoms with Crippen molar-refractivity contribution >= 4 is 34.3 Å². The molecule has 0 unspecified atom stereocenters. The highest BCUT2D eigenvalue weighted by Gasteiger charge is 2.26. The molecule has 1 aromatic carbocycles. The zero-order valence-corrected chi connectivity index (χ0v) is 18.5. The maximum absolute atomic E-state index is 12.6. The van der Waals surface area contributed by atoms with Crippen LogP contribution >= 0.6 is 11.3 Å². The Kier molecular flexibility index (Phi) is 8.08. The van der Waals surface area contributed by atoms with E-state index in [1.54, 1.807) is 13.0 Å². The molecule has 1 aliphatic rings. The van der Waals surface area contributed by atoms with Gasteiger partial charge in [-0.1, -0.05) is 31.5 Å². The van der Waals surface area contributed by atoms with Gasteiger partial charge in [-0.3, -0.25) is 4.79 Å². The van der Waals surface area contributed by atoms with E-state index in [4.69, 9.17) is 9.47 Å². The highest BCUT2D eigenvalue weighted by Crippen LogP contribution is 2.38. The molecule has 5 nitrogen and oxygen atoms in total. The summed E-state index contributed by atoms with van der Waals surface area (Å²) in [6, 6.07) is 7.65. The molecule has 0 aliphatic heterocycles. The number of hydrogen-bond donors (Lipinski definition) is 1. The Morgan fingerprint density at radius 1 is 1.17 bits per heavy atom. The third kappa shape index (κ3) is 5.51. The van der Waals surface area contributed by atoms with E-state index >= 15 is 0 Å². The molecule has 30 heavy (non-hydrogen) atoms. The maximum atomic E-state index is 12.6. The lowest BCUT2D eigenvalue weighted by Crippen LogP contribution is -2.14. The van der Waals surface area contributed by atoms with Crippen molar-refractivity contribution in [2.24, 2.45) is 0 Å². The molecule has 0 saturated heterocycles. The van der Waals surface area contributed by atoms with Crippen molar-refractivity contribution in [1.29, 1.82) is 0 Å². The van der Waals surface area contributed by atoms with Crippen LogP contribution in [0.5, 0.6) is 5.75 Å². The summed E-state index contributed by atoms with van der Waals surface area (Å²) < 4.78 is 11.1. The van der Waals surface area contributed by atoms with Crippen LogP contribution in [0.2, 0.25) is 0 Å². The molecule has 0 atom stereocenters. The first-order valence-corrected chi connectivity index (χ1v) is 11.5. The summed E-state index contributed by atoms with van der Waals surface area (Å²) in [7, 11) is 0. The van der Waals surface area contributed by atoms with Crippen LogP contribution in [0.4, 0.5) is 5.00 Å². The summed E-state index contributed by atoms with van der Waals surface area (Å²) >= 11 is 1.49. The molecular weight excluding hydrogens is 398 g/mol. The predicted octanol–water partition coefficient (Wildman–Crippen LogP) is 5.63. The number of benzene rings is 1. The minimum atomic E-state index is -0.356. The Balaban J connectivity index is 1.75. The number of anilines is 1. The van der Waals surface area contributed by atoms with Crippen molar-refractivity contribution in [3.63, 3.8) is 0 Å². The molecule has 0 bridgehead atoms. The van der Waals surface area contributed by atoms with E-state index in [2.05, 4.69) is 12.2 Å². The molecule has 1 N–H and O–H groups in total. The Bertz CT molecular complexity index is 916. The SMILES string of the molecule is CCCCOc1ccccc1/C=C/C(=O)Nc1sc2c(c1C(=O)OCC)CCCC2. The third-order valence-electron chi connectivity index (χ3n) is 4.98. The molecule has 1 heterocycles. The number of carbonyl (C=O) groups is 2. The number of nitrogens with one attached hydrogen (secondary N) is 1. The van der Waals surface area contributed by atoms with Crippen molar-refractivity contribution in [2.75, 3.05) is 18.5 Å². The van der Waals surface area contributed by atoms with Crippen LogP contribution in [0, 0.1) is 0 Å². The van der Waals surface area contributed by atoms with Crippen LogP contribution in [0.1, 0.15) is 65.9 Å². The quantitative estimate of drug-likeness (QED) is 0.320. The van der Waals surface area contributed by atoms with E-state index in [1.807, 2.05) is 24.3 Å². The van der Waals surface area contributed by atoms with Crippen molar-refractivity contribution in [1.82, 2.24) is 0 Å². The largest absolute Gasteiger partial charge is 0.493 e. The fourth-order valence-electron chi connectivity index (χ4n) is 3.47. The van der Waals surface area contributed by atoms with E-state index < -0.39 is 0 Å². The normalized spacial score (nSPS) is 13.1. The number of amides is 1. The van der Waals surface area contributed by atoms with Gasteiger partial charge in [0.05, 0.1) is 18.8 Å². The highest BCUT2D eigenvalue weighted by atomic mass is 32.1. The molecular formula is C24H29NO4S. The van der Waals surface area contributed by atoms with Crippen LogP contribution in [0.3, 0.4) is 0 Å². The van der Waals surface area contributed by atoms with E-state index in [-0.39, 0.29) is 11.9 Å². The summed E-state index contributed by atoms with van der Waals surface area (Å²) in [5.74, 6) is 0.127. The zero-order chi connectivity index (χ0) is 21.3. The highest BCUT2D eigenvalue weighted by molar-refractivity contribution is 7.17. The van der Waals surface area contributed by atoms with Crippen LogP contribution in [0.25, 0.3) is 6.08 Å². The number of ether oxygens (including phenoxy) is 2. The van der Waals surface area contributed by atoms with Gasteiger partial charge in [0.15, 0.2) is 0 Å². The molecule has 0 spiro atoms. The van der Waals surface area contributed by atoms with Crippen molar-refractivity contribution in [3.8, 4) is 5.75 Å². The number of fused-ring (bicyclic) bond motifs is 1. The number of rotatable bonds is 9. The minimum Gasteiger partial charge on any atom is -0.493 e. The Labute approximate surface area is 182 Å². The van der Waals surface area contributed by atoms with Gasteiger partial charge in [-0.25, -0.2) is 4.79 Å². The molecule has 0 saturated carbocycles. The number of carbonyl (C=O) groups excluding carboxylic acids is 2. The number of para-hydroxylation sites is 1. The summed E-state index contributed by atoms with van der Waals surface area (Å²) in [4.78, 5) is 26.3. The van der Waals surface area contributed by atoms with Crippen molar-refractivity contribution < 1.29 is 19.1 Å². The van der Waals surface area contributed by atoms with E-state index in [0.717, 1.165) is 55.4 Å². The topological polar surface area (TPSA) is 64.6 Å². The average molecular weight is 428 g/mol. The van der Waals surface area contributed by atoms with Crippen molar-refractivity contribution in [3.05, 3.63) is 51.9 Å². The second kappa shape index (κ2) is 11.0. The number of unbranched alkanes of at least 4 members (excludes halogenated alkanes) is 1. The first kappa shape index (κ1) is 22.1. The smallest absolute Gasteiger partial charge is 0.341 e. The number of hydrogen-bond acceptors (Lipinski definition) is 5. The number of thiophene rings is 1. The second-order valence-corrected chi connectivity index (χ2v) is 8.30. The fourth-order valence-corrected chi connectivity index (χ4v) is 4.75. The first-order chi connectivity index (χ1) is 14.6. The molecule has 1 aromatic heterocycles. The summed E-state index contributed by atoms with van der Waals surface area (Å²) in [5, 5.41) is 3.49. The van der Waals surface area contributed by atoms with Gasteiger partial charge in [-0.15, -0.1) is 11.3 Å². The van der Waals surface area contributed by atoms with Gasteiger partial charge in [0.25, 0.3) is 0 Å². The molecule has 3 rings (SSSR count). The van der Waals surface area contributed by atoms with Gasteiger partial charge in [0, 0.05) is 16.5 Å². The minimum absolute atomic E-state index is 0.275. The van der Waals surface area contributed by atoms with Gasteiger partial charge in [-0.05, 0) is 56.7 Å². The lowest BCUT2D eigenvalue weighted by Gasteiger charge is -2.12. The molecule has 160 valence electrons. The fraction of sp³-hybridized carbons (Fsp3) is 0.417. The zero-order valence-electron chi connectivity index (χ0n) is 17.7. The second-order valence-electron chi connectivity index (χ2n) is 7.20. The van der Waals surface area contributed by atoms with Gasteiger partial charge in [-0.2, -0.15) is 0 Å². The molecule has 1 amide bonds. The summed E-state index contributed by atoms with van der Waals surface area (Å²) in [6.07, 6.45) is 9.24. The van der Waals surface area contributed by atoms with Crippen molar-refractivity contribution in [2.45, 2.75) is 52.4 Å². The van der Waals surface area contributed by atoms with Gasteiger partial charge in [0.1, 0.15) is 10.8 Å². The lowest BCUT2D eigenvalue weighted by molar-refractivity contribution is -0.111. The average Bonchev–Trinajstić information content (AvgIpc) is 3.11. The van der Waals surface area contributed by atoms with Gasteiger partial charge >= 0.3 is 5.97 Å². The Hall–Kier alpha value is -2.60. The lowest BCUT2D eigenvalue weighted by atomic mass is 9.95. The molecule has 0 fully saturated rings. The van der Waals surface area contributed by atoms with Crippen LogP contribution < -0.4 is 10.1 Å². The monoisotopic (exact) mass is 427 g/mol. The summed E-state index contributed by atoms with van der Waals surface area (Å²) in [6.45, 7) is 4.87. The third-order valence-corrected chi connectivity index (χ3v) is 6.18. The maximum Gasteiger partial charge on any atom is 0.341 e. The van der Waals surface area contributed by atoms with Crippen LogP contribution in [-0.4, -0.2) is 25.1 Å². The Morgan fingerprint density at radius 3 is 2.77 bits per heavy atom. The number of esters is 1. The Morgan fingerprint density at radius 2 is 1.97 bits per heavy atom. The van der Waals surface area contributed by atoms with Gasteiger partial charge in [0.2, 0.25) is 5.91 Å². The number of aryl methyl sites for hydroxylation is 1. The van der Waals surface area contributed by atoms with E-state index in [9.17, 15) is 9.59 Å². The standard InChI is InChI=1S/C24H29NO4S/c1-3-5-16-29-19-12-8-6-10-17(19)14-15-21(26)25-23-22(24(27)28-4-2)18-11-7-9-13-20(18)30-23/h6,8,10,12,14-15H,3-5,7,9,11,13,16H2,1-2H3,(H,25,26)/b15-14+. The summed E-state index contributed by atoms with van der Waals surface area (Å²) in [5.41, 5.74) is 2.42. The molecule has 1 aliphatic carbocycles. The predicted molar refractivity (Wildman–Crippen MR) is 121 cm³/mol. The van der Waals surface area contributed by atoms with E-state index in [0.29, 0.717) is 23.8 Å². The van der Waals surface area contributed by atoms with Gasteiger partial charge < -0.3 is 14.8 Å². The van der Waals surface area contributed by atoms with Crippen LogP contribution in [-0.2, 0) is 22.4 Å².